The third-order valence-corrected chi connectivity index (χ3v) is 7.13. The van der Waals surface area contributed by atoms with Gasteiger partial charge in [0.25, 0.3) is 0 Å². The first kappa shape index (κ1) is 25.9. The van der Waals surface area contributed by atoms with Crippen molar-refractivity contribution in [2.24, 2.45) is 0 Å². The Morgan fingerprint density at radius 1 is 1.26 bits per heavy atom. The quantitative estimate of drug-likeness (QED) is 0.487. The SMILES string of the molecule is C=CCn1c(CN(CCN2CCOCC2)C(=O)NC(C)C)cnc1S(=O)(=O)Cc1ccccc1. The van der Waals surface area contributed by atoms with Gasteiger partial charge in [0.1, 0.15) is 0 Å². The van der Waals surface area contributed by atoms with Gasteiger partial charge in [-0.15, -0.1) is 6.58 Å². The van der Waals surface area contributed by atoms with Crippen molar-refractivity contribution in [1.29, 1.82) is 0 Å². The Balaban J connectivity index is 1.82. The molecule has 0 aliphatic carbocycles. The zero-order valence-corrected chi connectivity index (χ0v) is 20.8. The molecule has 1 N–H and O–H groups in total. The number of allylic oxidation sites excluding steroid dienone is 1. The maximum absolute atomic E-state index is 13.2. The topological polar surface area (TPSA) is 96.8 Å². The molecule has 2 aromatic rings. The van der Waals surface area contributed by atoms with Crippen molar-refractivity contribution in [2.45, 2.75) is 43.9 Å². The Bertz CT molecular complexity index is 1050. The van der Waals surface area contributed by atoms with Crippen LogP contribution in [0.2, 0.25) is 0 Å². The normalized spacial score (nSPS) is 14.8. The Morgan fingerprint density at radius 3 is 2.62 bits per heavy atom. The fourth-order valence-electron chi connectivity index (χ4n) is 3.82. The highest BCUT2D eigenvalue weighted by atomic mass is 32.2. The highest BCUT2D eigenvalue weighted by Crippen LogP contribution is 2.19. The summed E-state index contributed by atoms with van der Waals surface area (Å²) in [5, 5.41) is 2.94. The molecule has 34 heavy (non-hydrogen) atoms. The number of amides is 2. The molecule has 0 saturated carbocycles. The van der Waals surface area contributed by atoms with Gasteiger partial charge in [0, 0.05) is 38.8 Å². The largest absolute Gasteiger partial charge is 0.379 e. The van der Waals surface area contributed by atoms with Gasteiger partial charge >= 0.3 is 6.03 Å². The summed E-state index contributed by atoms with van der Waals surface area (Å²) in [6.45, 7) is 12.4. The molecule has 2 heterocycles. The van der Waals surface area contributed by atoms with E-state index in [2.05, 4.69) is 21.8 Å². The standard InChI is InChI=1S/C24H35N5O4S/c1-4-10-29-22(17-25-24(29)34(31,32)19-21-8-6-5-7-9-21)18-28(23(30)26-20(2)3)12-11-27-13-15-33-16-14-27/h4-9,17,20H,1,10-16,18-19H2,2-3H3,(H,26,30). The lowest BCUT2D eigenvalue weighted by Gasteiger charge is -2.30. The molecule has 0 bridgehead atoms. The molecule has 1 aliphatic rings. The lowest BCUT2D eigenvalue weighted by atomic mass is 10.2. The molecule has 3 rings (SSSR count). The molecule has 1 saturated heterocycles. The van der Waals surface area contributed by atoms with Gasteiger partial charge in [-0.2, -0.15) is 0 Å². The van der Waals surface area contributed by atoms with Crippen LogP contribution in [0.1, 0.15) is 25.1 Å². The van der Waals surface area contributed by atoms with E-state index in [1.165, 1.54) is 0 Å². The molecule has 186 valence electrons. The first-order chi connectivity index (χ1) is 16.3. The first-order valence-corrected chi connectivity index (χ1v) is 13.2. The minimum atomic E-state index is -3.69. The molecule has 0 spiro atoms. The molecule has 10 heteroatoms. The Hall–Kier alpha value is -2.69. The van der Waals surface area contributed by atoms with E-state index in [1.807, 2.05) is 32.0 Å². The minimum absolute atomic E-state index is 0.0105. The maximum atomic E-state index is 13.2. The van der Waals surface area contributed by atoms with E-state index in [0.717, 1.165) is 13.1 Å². The number of sulfone groups is 1. The first-order valence-electron chi connectivity index (χ1n) is 11.6. The number of rotatable bonds is 11. The molecule has 1 aromatic carbocycles. The molecule has 0 radical (unpaired) electrons. The number of benzene rings is 1. The third-order valence-electron chi connectivity index (χ3n) is 5.53. The number of urea groups is 1. The number of carbonyl (C=O) groups excluding carboxylic acids is 1. The second-order valence-corrected chi connectivity index (χ2v) is 10.5. The van der Waals surface area contributed by atoms with Crippen LogP contribution in [0.25, 0.3) is 0 Å². The second-order valence-electron chi connectivity index (χ2n) is 8.66. The van der Waals surface area contributed by atoms with Crippen LogP contribution in [-0.4, -0.2) is 79.2 Å². The second kappa shape index (κ2) is 12.1. The van der Waals surface area contributed by atoms with E-state index >= 15 is 0 Å². The Labute approximate surface area is 202 Å². The predicted octanol–water partition coefficient (Wildman–Crippen LogP) is 2.30. The molecule has 1 aromatic heterocycles. The highest BCUT2D eigenvalue weighted by Gasteiger charge is 2.26. The zero-order valence-electron chi connectivity index (χ0n) is 20.0. The number of hydrogen-bond donors (Lipinski definition) is 1. The summed E-state index contributed by atoms with van der Waals surface area (Å²) in [5.74, 6) is -0.143. The van der Waals surface area contributed by atoms with Crippen molar-refractivity contribution < 1.29 is 17.9 Å². The maximum Gasteiger partial charge on any atom is 0.317 e. The van der Waals surface area contributed by atoms with Crippen LogP contribution in [0.5, 0.6) is 0 Å². The van der Waals surface area contributed by atoms with Crippen molar-refractivity contribution in [2.75, 3.05) is 39.4 Å². The predicted molar refractivity (Wildman–Crippen MR) is 131 cm³/mol. The fraction of sp³-hybridized carbons (Fsp3) is 0.500. The van der Waals surface area contributed by atoms with Crippen LogP contribution >= 0.6 is 0 Å². The van der Waals surface area contributed by atoms with Gasteiger partial charge < -0.3 is 19.5 Å². The lowest BCUT2D eigenvalue weighted by molar-refractivity contribution is 0.0345. The van der Waals surface area contributed by atoms with Crippen molar-refractivity contribution in [3.8, 4) is 0 Å². The van der Waals surface area contributed by atoms with Gasteiger partial charge in [0.2, 0.25) is 15.0 Å². The zero-order chi connectivity index (χ0) is 24.6. The van der Waals surface area contributed by atoms with Crippen molar-refractivity contribution in [1.82, 2.24) is 24.7 Å². The number of nitrogens with one attached hydrogen (secondary N) is 1. The van der Waals surface area contributed by atoms with Crippen LogP contribution in [0.4, 0.5) is 4.79 Å². The highest BCUT2D eigenvalue weighted by molar-refractivity contribution is 7.90. The number of carbonyl (C=O) groups is 1. The van der Waals surface area contributed by atoms with Crippen LogP contribution in [0.15, 0.2) is 54.3 Å². The number of aromatic nitrogens is 2. The molecule has 1 aliphatic heterocycles. The van der Waals surface area contributed by atoms with Gasteiger partial charge in [-0.05, 0) is 19.4 Å². The molecular weight excluding hydrogens is 454 g/mol. The number of morpholine rings is 1. The van der Waals surface area contributed by atoms with Crippen LogP contribution < -0.4 is 5.32 Å². The van der Waals surface area contributed by atoms with E-state index in [4.69, 9.17) is 4.74 Å². The number of ether oxygens (including phenoxy) is 1. The number of nitrogens with zero attached hydrogens (tertiary/aromatic N) is 4. The van der Waals surface area contributed by atoms with Gasteiger partial charge in [-0.25, -0.2) is 18.2 Å². The van der Waals surface area contributed by atoms with Crippen LogP contribution in [0.3, 0.4) is 0 Å². The van der Waals surface area contributed by atoms with E-state index in [1.54, 1.807) is 33.9 Å². The summed E-state index contributed by atoms with van der Waals surface area (Å²) in [4.78, 5) is 21.2. The Kier molecular flexibility index (Phi) is 9.26. The van der Waals surface area contributed by atoms with Crippen molar-refractivity contribution >= 4 is 15.9 Å². The molecule has 0 unspecified atom stereocenters. The molecule has 2 amide bonds. The summed E-state index contributed by atoms with van der Waals surface area (Å²) >= 11 is 0. The van der Waals surface area contributed by atoms with E-state index in [-0.39, 0.29) is 36.1 Å². The molecule has 1 fully saturated rings. The van der Waals surface area contributed by atoms with E-state index < -0.39 is 9.84 Å². The monoisotopic (exact) mass is 489 g/mol. The van der Waals surface area contributed by atoms with Gasteiger partial charge in [-0.3, -0.25) is 4.90 Å². The summed E-state index contributed by atoms with van der Waals surface area (Å²) in [7, 11) is -3.69. The third kappa shape index (κ3) is 7.15. The average Bonchev–Trinajstić information content (AvgIpc) is 3.20. The molecular formula is C24H35N5O4S. The van der Waals surface area contributed by atoms with Crippen molar-refractivity contribution in [3.63, 3.8) is 0 Å². The van der Waals surface area contributed by atoms with Crippen LogP contribution in [0, 0.1) is 0 Å². The smallest absolute Gasteiger partial charge is 0.317 e. The van der Waals surface area contributed by atoms with E-state index in [0.29, 0.717) is 37.6 Å². The fourth-order valence-corrected chi connectivity index (χ4v) is 5.32. The minimum Gasteiger partial charge on any atom is -0.379 e. The van der Waals surface area contributed by atoms with E-state index in [9.17, 15) is 13.2 Å². The average molecular weight is 490 g/mol. The summed E-state index contributed by atoms with van der Waals surface area (Å²) in [6.07, 6.45) is 3.19. The lowest BCUT2D eigenvalue weighted by Crippen LogP contribution is -2.47. The summed E-state index contributed by atoms with van der Waals surface area (Å²) in [5.41, 5.74) is 1.34. The summed E-state index contributed by atoms with van der Waals surface area (Å²) in [6, 6.07) is 8.83. The molecule has 0 atom stereocenters. The van der Waals surface area contributed by atoms with Crippen LogP contribution in [-0.2, 0) is 33.4 Å². The van der Waals surface area contributed by atoms with Gasteiger partial charge in [0.05, 0.1) is 37.4 Å². The number of hydrogen-bond acceptors (Lipinski definition) is 6. The molecule has 9 nitrogen and oxygen atoms in total. The van der Waals surface area contributed by atoms with Crippen molar-refractivity contribution in [3.05, 3.63) is 60.4 Å². The van der Waals surface area contributed by atoms with Gasteiger partial charge in [-0.1, -0.05) is 36.4 Å². The van der Waals surface area contributed by atoms with Gasteiger partial charge in [0.15, 0.2) is 0 Å². The summed E-state index contributed by atoms with van der Waals surface area (Å²) < 4.78 is 33.4. The number of imidazole rings is 1. The Morgan fingerprint density at radius 2 is 1.97 bits per heavy atom.